The maximum Gasteiger partial charge on any atom is 0.140 e. The van der Waals surface area contributed by atoms with Crippen LogP contribution in [0, 0.1) is 11.3 Å². The van der Waals surface area contributed by atoms with Gasteiger partial charge in [0.1, 0.15) is 17.9 Å². The van der Waals surface area contributed by atoms with Crippen LogP contribution in [0.2, 0.25) is 0 Å². The van der Waals surface area contributed by atoms with Crippen molar-refractivity contribution in [1.82, 2.24) is 4.98 Å². The summed E-state index contributed by atoms with van der Waals surface area (Å²) in [4.78, 5) is 6.45. The van der Waals surface area contributed by atoms with E-state index in [1.165, 1.54) is 5.56 Å². The predicted molar refractivity (Wildman–Crippen MR) is 80.9 cm³/mol. The van der Waals surface area contributed by atoms with E-state index in [1.54, 1.807) is 12.3 Å². The molecule has 0 aliphatic carbocycles. The van der Waals surface area contributed by atoms with Gasteiger partial charge in [-0.2, -0.15) is 5.26 Å². The number of nitriles is 1. The zero-order valence-electron chi connectivity index (χ0n) is 11.9. The lowest BCUT2D eigenvalue weighted by Gasteiger charge is -2.39. The van der Waals surface area contributed by atoms with Crippen LogP contribution in [0.5, 0.6) is 0 Å². The van der Waals surface area contributed by atoms with E-state index in [-0.39, 0.29) is 6.10 Å². The van der Waals surface area contributed by atoms with Crippen molar-refractivity contribution in [2.24, 2.45) is 0 Å². The Morgan fingerprint density at radius 1 is 1.24 bits per heavy atom. The fourth-order valence-corrected chi connectivity index (χ4v) is 2.61. The first-order valence-corrected chi connectivity index (χ1v) is 7.07. The van der Waals surface area contributed by atoms with Gasteiger partial charge in [0.05, 0.1) is 18.5 Å². The number of ether oxygens (including phenoxy) is 1. The van der Waals surface area contributed by atoms with E-state index in [0.717, 1.165) is 12.2 Å². The van der Waals surface area contributed by atoms with Crippen LogP contribution in [0.4, 0.5) is 5.69 Å². The van der Waals surface area contributed by atoms with Crippen molar-refractivity contribution in [3.8, 4) is 6.07 Å². The van der Waals surface area contributed by atoms with Crippen LogP contribution in [-0.4, -0.2) is 24.2 Å². The van der Waals surface area contributed by atoms with Gasteiger partial charge in [-0.1, -0.05) is 30.3 Å². The van der Waals surface area contributed by atoms with Crippen LogP contribution < -0.4 is 4.90 Å². The molecule has 3 rings (SSSR count). The minimum atomic E-state index is 0.0676. The van der Waals surface area contributed by atoms with Crippen molar-refractivity contribution in [3.05, 3.63) is 59.9 Å². The second-order valence-electron chi connectivity index (χ2n) is 5.25. The van der Waals surface area contributed by atoms with Gasteiger partial charge < -0.3 is 9.64 Å². The molecule has 2 aromatic rings. The third-order valence-corrected chi connectivity index (χ3v) is 3.80. The van der Waals surface area contributed by atoms with E-state index in [2.05, 4.69) is 28.9 Å². The Kier molecular flexibility index (Phi) is 3.85. The maximum atomic E-state index is 8.84. The van der Waals surface area contributed by atoms with E-state index in [0.29, 0.717) is 18.3 Å². The fraction of sp³-hybridized carbons (Fsp3) is 0.294. The SMILES string of the molecule is C[C@@H]1CO[C@H](c2ccccc2)CN1c1ccc(C#N)nc1. The van der Waals surface area contributed by atoms with Gasteiger partial charge in [0.15, 0.2) is 0 Å². The molecule has 2 heterocycles. The molecule has 4 nitrogen and oxygen atoms in total. The van der Waals surface area contributed by atoms with E-state index < -0.39 is 0 Å². The van der Waals surface area contributed by atoms with Crippen molar-refractivity contribution >= 4 is 5.69 Å². The van der Waals surface area contributed by atoms with Crippen LogP contribution in [0.25, 0.3) is 0 Å². The van der Waals surface area contributed by atoms with Crippen molar-refractivity contribution in [1.29, 1.82) is 5.26 Å². The van der Waals surface area contributed by atoms with Gasteiger partial charge in [-0.05, 0) is 24.6 Å². The molecule has 0 spiro atoms. The summed E-state index contributed by atoms with van der Waals surface area (Å²) in [5.74, 6) is 0. The highest BCUT2D eigenvalue weighted by Gasteiger charge is 2.27. The van der Waals surface area contributed by atoms with Gasteiger partial charge in [-0.3, -0.25) is 0 Å². The van der Waals surface area contributed by atoms with E-state index in [9.17, 15) is 0 Å². The molecule has 0 radical (unpaired) electrons. The molecule has 0 saturated carbocycles. The molecule has 1 aliphatic rings. The molecule has 21 heavy (non-hydrogen) atoms. The molecule has 0 N–H and O–H groups in total. The Morgan fingerprint density at radius 2 is 2.05 bits per heavy atom. The first kappa shape index (κ1) is 13.6. The van der Waals surface area contributed by atoms with E-state index >= 15 is 0 Å². The summed E-state index contributed by atoms with van der Waals surface area (Å²) in [6.07, 6.45) is 1.83. The Balaban J connectivity index is 1.82. The van der Waals surface area contributed by atoms with Gasteiger partial charge >= 0.3 is 0 Å². The maximum absolute atomic E-state index is 8.84. The molecule has 106 valence electrons. The zero-order chi connectivity index (χ0) is 14.7. The number of hydrogen-bond donors (Lipinski definition) is 0. The molecule has 2 atom stereocenters. The normalized spacial score (nSPS) is 21.8. The van der Waals surface area contributed by atoms with Crippen LogP contribution >= 0.6 is 0 Å². The lowest BCUT2D eigenvalue weighted by Crippen LogP contribution is -2.45. The average Bonchev–Trinajstić information content (AvgIpc) is 2.56. The van der Waals surface area contributed by atoms with Gasteiger partial charge in [-0.15, -0.1) is 0 Å². The smallest absolute Gasteiger partial charge is 0.140 e. The average molecular weight is 279 g/mol. The molecular weight excluding hydrogens is 262 g/mol. The van der Waals surface area contributed by atoms with Crippen LogP contribution in [0.15, 0.2) is 48.7 Å². The summed E-state index contributed by atoms with van der Waals surface area (Å²) in [6.45, 7) is 3.61. The van der Waals surface area contributed by atoms with Crippen molar-refractivity contribution < 1.29 is 4.74 Å². The molecular formula is C17H17N3O. The Morgan fingerprint density at radius 3 is 2.71 bits per heavy atom. The summed E-state index contributed by atoms with van der Waals surface area (Å²) >= 11 is 0. The Bertz CT molecular complexity index is 633. The summed E-state index contributed by atoms with van der Waals surface area (Å²) < 4.78 is 5.96. The molecule has 1 saturated heterocycles. The van der Waals surface area contributed by atoms with E-state index in [4.69, 9.17) is 10.00 Å². The molecule has 1 aromatic carbocycles. The van der Waals surface area contributed by atoms with Crippen LogP contribution in [-0.2, 0) is 4.74 Å². The summed E-state index contributed by atoms with van der Waals surface area (Å²) in [5, 5.41) is 8.84. The topological polar surface area (TPSA) is 49.1 Å². The largest absolute Gasteiger partial charge is 0.370 e. The minimum Gasteiger partial charge on any atom is -0.370 e. The molecule has 4 heteroatoms. The number of benzene rings is 1. The van der Waals surface area contributed by atoms with Gasteiger partial charge in [-0.25, -0.2) is 4.98 Å². The molecule has 1 aromatic heterocycles. The van der Waals surface area contributed by atoms with Crippen molar-refractivity contribution in [3.63, 3.8) is 0 Å². The third-order valence-electron chi connectivity index (χ3n) is 3.80. The highest BCUT2D eigenvalue weighted by molar-refractivity contribution is 5.47. The number of pyridine rings is 1. The van der Waals surface area contributed by atoms with Gasteiger partial charge in [0.2, 0.25) is 0 Å². The quantitative estimate of drug-likeness (QED) is 0.848. The van der Waals surface area contributed by atoms with E-state index in [1.807, 2.05) is 30.3 Å². The van der Waals surface area contributed by atoms with Gasteiger partial charge in [0, 0.05) is 12.6 Å². The molecule has 1 fully saturated rings. The number of anilines is 1. The van der Waals surface area contributed by atoms with Crippen LogP contribution in [0.3, 0.4) is 0 Å². The first-order chi connectivity index (χ1) is 10.3. The van der Waals surface area contributed by atoms with Crippen molar-refractivity contribution in [2.45, 2.75) is 19.1 Å². The Hall–Kier alpha value is -2.38. The molecule has 0 unspecified atom stereocenters. The predicted octanol–water partition coefficient (Wildman–Crippen LogP) is 2.92. The number of rotatable bonds is 2. The summed E-state index contributed by atoms with van der Waals surface area (Å²) in [6, 6.07) is 16.3. The minimum absolute atomic E-state index is 0.0676. The van der Waals surface area contributed by atoms with Crippen LogP contribution in [0.1, 0.15) is 24.3 Å². The lowest BCUT2D eigenvalue weighted by molar-refractivity contribution is 0.0215. The second-order valence-corrected chi connectivity index (χ2v) is 5.25. The highest BCUT2D eigenvalue weighted by Crippen LogP contribution is 2.28. The Labute approximate surface area is 124 Å². The summed E-state index contributed by atoms with van der Waals surface area (Å²) in [5.41, 5.74) is 2.67. The van der Waals surface area contributed by atoms with Crippen molar-refractivity contribution in [2.75, 3.05) is 18.1 Å². The zero-order valence-corrected chi connectivity index (χ0v) is 11.9. The summed E-state index contributed by atoms with van der Waals surface area (Å²) in [7, 11) is 0. The number of nitrogens with zero attached hydrogens (tertiary/aromatic N) is 3. The third kappa shape index (κ3) is 2.88. The molecule has 0 bridgehead atoms. The second kappa shape index (κ2) is 5.94. The molecule has 0 amide bonds. The number of morpholine rings is 1. The number of hydrogen-bond acceptors (Lipinski definition) is 4. The number of aromatic nitrogens is 1. The molecule has 1 aliphatic heterocycles. The first-order valence-electron chi connectivity index (χ1n) is 7.07. The fourth-order valence-electron chi connectivity index (χ4n) is 2.61. The monoisotopic (exact) mass is 279 g/mol. The highest BCUT2D eigenvalue weighted by atomic mass is 16.5. The standard InChI is InChI=1S/C17H17N3O/c1-13-12-21-17(14-5-3-2-4-6-14)11-20(13)16-8-7-15(9-18)19-10-16/h2-8,10,13,17H,11-12H2,1H3/t13-,17+/m1/s1. The lowest BCUT2D eigenvalue weighted by atomic mass is 10.1. The van der Waals surface area contributed by atoms with Gasteiger partial charge in [0.25, 0.3) is 0 Å².